The summed E-state index contributed by atoms with van der Waals surface area (Å²) in [7, 11) is 0. The van der Waals surface area contributed by atoms with Crippen molar-refractivity contribution >= 4 is 17.3 Å². The van der Waals surface area contributed by atoms with Crippen LogP contribution in [0.4, 0.5) is 5.69 Å². The Kier molecular flexibility index (Phi) is 5.70. The summed E-state index contributed by atoms with van der Waals surface area (Å²) >= 11 is 6.46. The number of anilines is 1. The third-order valence-electron chi connectivity index (χ3n) is 4.19. The average Bonchev–Trinajstić information content (AvgIpc) is 2.47. The molecule has 4 heteroatoms. The van der Waals surface area contributed by atoms with Gasteiger partial charge in [0.25, 0.3) is 0 Å². The lowest BCUT2D eigenvalue weighted by Gasteiger charge is -2.36. The molecule has 1 aliphatic heterocycles. The zero-order valence-corrected chi connectivity index (χ0v) is 13.4. The minimum Gasteiger partial charge on any atom is -0.368 e. The molecule has 0 spiro atoms. The number of nitrogens with two attached hydrogens (primary N) is 1. The SMILES string of the molecule is CCC(N)Cc1ccc(N2CCN(CC)CC2)c(Cl)c1. The van der Waals surface area contributed by atoms with E-state index < -0.39 is 0 Å². The second-order valence-corrected chi connectivity index (χ2v) is 5.99. The topological polar surface area (TPSA) is 32.5 Å². The minimum atomic E-state index is 0.227. The van der Waals surface area contributed by atoms with Crippen LogP contribution in [0.1, 0.15) is 25.8 Å². The summed E-state index contributed by atoms with van der Waals surface area (Å²) in [5.41, 5.74) is 8.41. The van der Waals surface area contributed by atoms with Gasteiger partial charge in [0.1, 0.15) is 0 Å². The molecule has 20 heavy (non-hydrogen) atoms. The van der Waals surface area contributed by atoms with Crippen LogP contribution in [0.5, 0.6) is 0 Å². The fourth-order valence-corrected chi connectivity index (χ4v) is 3.01. The summed E-state index contributed by atoms with van der Waals surface area (Å²) < 4.78 is 0. The minimum absolute atomic E-state index is 0.227. The molecular weight excluding hydrogens is 270 g/mol. The number of likely N-dealkylation sites (N-methyl/N-ethyl adjacent to an activating group) is 1. The van der Waals surface area contributed by atoms with Gasteiger partial charge in [-0.25, -0.2) is 0 Å². The van der Waals surface area contributed by atoms with Crippen LogP contribution in [-0.2, 0) is 6.42 Å². The van der Waals surface area contributed by atoms with Crippen molar-refractivity contribution in [2.24, 2.45) is 5.73 Å². The lowest BCUT2D eigenvalue weighted by atomic mass is 10.0. The molecule has 3 nitrogen and oxygen atoms in total. The van der Waals surface area contributed by atoms with Gasteiger partial charge in [0.15, 0.2) is 0 Å². The maximum Gasteiger partial charge on any atom is 0.0642 e. The van der Waals surface area contributed by atoms with Crippen molar-refractivity contribution in [2.45, 2.75) is 32.7 Å². The molecule has 1 atom stereocenters. The van der Waals surface area contributed by atoms with Crippen molar-refractivity contribution in [1.82, 2.24) is 4.90 Å². The first kappa shape index (κ1) is 15.6. The van der Waals surface area contributed by atoms with Gasteiger partial charge in [-0.15, -0.1) is 0 Å². The Hall–Kier alpha value is -0.770. The van der Waals surface area contributed by atoms with Crippen LogP contribution >= 0.6 is 11.6 Å². The first-order chi connectivity index (χ1) is 9.63. The fraction of sp³-hybridized carbons (Fsp3) is 0.625. The largest absolute Gasteiger partial charge is 0.368 e. The van der Waals surface area contributed by atoms with E-state index in [9.17, 15) is 0 Å². The van der Waals surface area contributed by atoms with E-state index in [0.717, 1.165) is 56.3 Å². The average molecular weight is 296 g/mol. The Morgan fingerprint density at radius 1 is 1.20 bits per heavy atom. The third-order valence-corrected chi connectivity index (χ3v) is 4.50. The molecule has 0 bridgehead atoms. The first-order valence-corrected chi connectivity index (χ1v) is 8.03. The predicted octanol–water partition coefficient (Wildman–Crippen LogP) is 2.76. The molecule has 0 saturated carbocycles. The summed E-state index contributed by atoms with van der Waals surface area (Å²) in [5.74, 6) is 0. The Balaban J connectivity index is 2.03. The molecule has 1 fully saturated rings. The zero-order valence-electron chi connectivity index (χ0n) is 12.6. The van der Waals surface area contributed by atoms with Gasteiger partial charge < -0.3 is 15.5 Å². The van der Waals surface area contributed by atoms with Gasteiger partial charge in [-0.05, 0) is 37.1 Å². The number of nitrogens with zero attached hydrogens (tertiary/aromatic N) is 2. The molecule has 112 valence electrons. The Morgan fingerprint density at radius 2 is 1.90 bits per heavy atom. The molecule has 1 heterocycles. The molecular formula is C16H26ClN3. The maximum atomic E-state index is 6.46. The van der Waals surface area contributed by atoms with Gasteiger partial charge in [0, 0.05) is 32.2 Å². The summed E-state index contributed by atoms with van der Waals surface area (Å²) in [6, 6.07) is 6.63. The van der Waals surface area contributed by atoms with Gasteiger partial charge in [0.2, 0.25) is 0 Å². The lowest BCUT2D eigenvalue weighted by Crippen LogP contribution is -2.46. The molecule has 1 unspecified atom stereocenters. The third kappa shape index (κ3) is 3.87. The molecule has 0 radical (unpaired) electrons. The van der Waals surface area contributed by atoms with Crippen LogP contribution < -0.4 is 10.6 Å². The van der Waals surface area contributed by atoms with E-state index in [-0.39, 0.29) is 6.04 Å². The highest BCUT2D eigenvalue weighted by Crippen LogP contribution is 2.28. The summed E-state index contributed by atoms with van der Waals surface area (Å²) in [6.07, 6.45) is 1.90. The molecule has 2 rings (SSSR count). The van der Waals surface area contributed by atoms with Gasteiger partial charge in [-0.3, -0.25) is 0 Å². The predicted molar refractivity (Wildman–Crippen MR) is 87.7 cm³/mol. The molecule has 1 aromatic carbocycles. The van der Waals surface area contributed by atoms with Crippen molar-refractivity contribution in [3.8, 4) is 0 Å². The van der Waals surface area contributed by atoms with E-state index in [2.05, 4.69) is 41.8 Å². The summed E-state index contributed by atoms with van der Waals surface area (Å²) in [4.78, 5) is 4.86. The number of rotatable bonds is 5. The molecule has 0 aromatic heterocycles. The Morgan fingerprint density at radius 3 is 2.45 bits per heavy atom. The van der Waals surface area contributed by atoms with E-state index in [0.29, 0.717) is 0 Å². The smallest absolute Gasteiger partial charge is 0.0642 e. The van der Waals surface area contributed by atoms with E-state index in [1.807, 2.05) is 0 Å². The van der Waals surface area contributed by atoms with Crippen molar-refractivity contribution in [3.63, 3.8) is 0 Å². The van der Waals surface area contributed by atoms with Crippen molar-refractivity contribution in [1.29, 1.82) is 0 Å². The van der Waals surface area contributed by atoms with Crippen LogP contribution in [0.3, 0.4) is 0 Å². The fourth-order valence-electron chi connectivity index (χ4n) is 2.69. The van der Waals surface area contributed by atoms with Crippen LogP contribution in [0, 0.1) is 0 Å². The Bertz CT molecular complexity index is 428. The van der Waals surface area contributed by atoms with Gasteiger partial charge in [-0.2, -0.15) is 0 Å². The van der Waals surface area contributed by atoms with Crippen molar-refractivity contribution in [2.75, 3.05) is 37.6 Å². The van der Waals surface area contributed by atoms with Gasteiger partial charge >= 0.3 is 0 Å². The number of benzene rings is 1. The van der Waals surface area contributed by atoms with E-state index >= 15 is 0 Å². The molecule has 2 N–H and O–H groups in total. The molecule has 0 amide bonds. The second-order valence-electron chi connectivity index (χ2n) is 5.58. The zero-order chi connectivity index (χ0) is 14.5. The summed E-state index contributed by atoms with van der Waals surface area (Å²) in [5, 5.41) is 0.857. The van der Waals surface area contributed by atoms with Crippen molar-refractivity contribution in [3.05, 3.63) is 28.8 Å². The number of hydrogen-bond acceptors (Lipinski definition) is 3. The lowest BCUT2D eigenvalue weighted by molar-refractivity contribution is 0.271. The Labute approximate surface area is 127 Å². The van der Waals surface area contributed by atoms with Gasteiger partial charge in [0.05, 0.1) is 10.7 Å². The normalized spacial score (nSPS) is 18.3. The van der Waals surface area contributed by atoms with Crippen LogP contribution in [0.25, 0.3) is 0 Å². The monoisotopic (exact) mass is 295 g/mol. The highest BCUT2D eigenvalue weighted by atomic mass is 35.5. The van der Waals surface area contributed by atoms with E-state index in [1.54, 1.807) is 0 Å². The standard InChI is InChI=1S/C16H26ClN3/c1-3-14(18)11-13-5-6-16(15(17)12-13)20-9-7-19(4-2)8-10-20/h5-6,12,14H,3-4,7-11,18H2,1-2H3. The van der Waals surface area contributed by atoms with Crippen molar-refractivity contribution < 1.29 is 0 Å². The number of hydrogen-bond donors (Lipinski definition) is 1. The van der Waals surface area contributed by atoms with Crippen LogP contribution in [-0.4, -0.2) is 43.7 Å². The summed E-state index contributed by atoms with van der Waals surface area (Å²) in [6.45, 7) is 9.82. The number of piperazine rings is 1. The van der Waals surface area contributed by atoms with E-state index in [1.165, 1.54) is 5.56 Å². The van der Waals surface area contributed by atoms with Gasteiger partial charge in [-0.1, -0.05) is 31.5 Å². The molecule has 0 aliphatic carbocycles. The first-order valence-electron chi connectivity index (χ1n) is 7.65. The second kappa shape index (κ2) is 7.30. The number of halogens is 1. The van der Waals surface area contributed by atoms with Crippen LogP contribution in [0.2, 0.25) is 5.02 Å². The molecule has 1 aliphatic rings. The van der Waals surface area contributed by atoms with E-state index in [4.69, 9.17) is 17.3 Å². The van der Waals surface area contributed by atoms with Crippen LogP contribution in [0.15, 0.2) is 18.2 Å². The molecule has 1 aromatic rings. The highest BCUT2D eigenvalue weighted by molar-refractivity contribution is 6.33. The quantitative estimate of drug-likeness (QED) is 0.907. The highest BCUT2D eigenvalue weighted by Gasteiger charge is 2.18. The molecule has 1 saturated heterocycles. The maximum absolute atomic E-state index is 6.46.